The molecule has 3 N–H and O–H groups in total. The summed E-state index contributed by atoms with van der Waals surface area (Å²) in [5.74, 6) is -0.809. The van der Waals surface area contributed by atoms with Gasteiger partial charge in [0.2, 0.25) is 0 Å². The van der Waals surface area contributed by atoms with Crippen LogP contribution >= 0.6 is 11.8 Å². The van der Waals surface area contributed by atoms with Crippen molar-refractivity contribution in [3.05, 3.63) is 29.8 Å². The number of thioether (sulfide) groups is 1. The second-order valence-electron chi connectivity index (χ2n) is 3.97. The summed E-state index contributed by atoms with van der Waals surface area (Å²) >= 11 is 1.68. The molecule has 0 amide bonds. The van der Waals surface area contributed by atoms with E-state index in [1.807, 2.05) is 30.5 Å². The zero-order chi connectivity index (χ0) is 12.3. The standard InChI is InChI=1S/C12H16N2O2S/c1-17-9-4-2-8(3-5-9)10-11(12(15)16)14-7-6-13-10/h2-5,10-11,13-14H,6-7H2,1H3,(H,15,16). The van der Waals surface area contributed by atoms with Crippen molar-refractivity contribution in [1.29, 1.82) is 0 Å². The van der Waals surface area contributed by atoms with Crippen molar-refractivity contribution in [1.82, 2.24) is 10.6 Å². The number of nitrogens with one attached hydrogen (secondary N) is 2. The fraction of sp³-hybridized carbons (Fsp3) is 0.417. The van der Waals surface area contributed by atoms with Crippen molar-refractivity contribution < 1.29 is 9.90 Å². The molecule has 0 aliphatic carbocycles. The second-order valence-corrected chi connectivity index (χ2v) is 4.85. The minimum absolute atomic E-state index is 0.155. The van der Waals surface area contributed by atoms with Crippen molar-refractivity contribution in [2.75, 3.05) is 19.3 Å². The van der Waals surface area contributed by atoms with Crippen LogP contribution in [0.25, 0.3) is 0 Å². The van der Waals surface area contributed by atoms with E-state index in [1.54, 1.807) is 11.8 Å². The Morgan fingerprint density at radius 3 is 2.53 bits per heavy atom. The fourth-order valence-electron chi connectivity index (χ4n) is 2.04. The molecular formula is C12H16N2O2S. The predicted octanol–water partition coefficient (Wildman–Crippen LogP) is 1.10. The first-order valence-corrected chi connectivity index (χ1v) is 6.78. The zero-order valence-corrected chi connectivity index (χ0v) is 10.5. The molecular weight excluding hydrogens is 236 g/mol. The highest BCUT2D eigenvalue weighted by atomic mass is 32.2. The second kappa shape index (κ2) is 5.53. The van der Waals surface area contributed by atoms with Gasteiger partial charge in [-0.3, -0.25) is 4.79 Å². The SMILES string of the molecule is CSc1ccc(C2NCCNC2C(=O)O)cc1. The number of carbonyl (C=O) groups is 1. The monoisotopic (exact) mass is 252 g/mol. The van der Waals surface area contributed by atoms with Crippen LogP contribution in [0.15, 0.2) is 29.2 Å². The zero-order valence-electron chi connectivity index (χ0n) is 9.64. The highest BCUT2D eigenvalue weighted by molar-refractivity contribution is 7.98. The molecule has 2 atom stereocenters. The van der Waals surface area contributed by atoms with Gasteiger partial charge in [-0.25, -0.2) is 0 Å². The summed E-state index contributed by atoms with van der Waals surface area (Å²) in [6.07, 6.45) is 2.02. The van der Waals surface area contributed by atoms with Crippen molar-refractivity contribution in [2.45, 2.75) is 17.0 Å². The molecule has 0 spiro atoms. The number of hydrogen-bond donors (Lipinski definition) is 3. The first-order chi connectivity index (χ1) is 8.22. The Morgan fingerprint density at radius 2 is 1.94 bits per heavy atom. The van der Waals surface area contributed by atoms with Gasteiger partial charge in [0.25, 0.3) is 0 Å². The Labute approximate surface area is 105 Å². The number of hydrogen-bond acceptors (Lipinski definition) is 4. The van der Waals surface area contributed by atoms with Crippen LogP contribution < -0.4 is 10.6 Å². The average Bonchev–Trinajstić information content (AvgIpc) is 2.39. The number of aliphatic carboxylic acids is 1. The van der Waals surface area contributed by atoms with E-state index in [2.05, 4.69) is 10.6 Å². The van der Waals surface area contributed by atoms with Gasteiger partial charge in [0.1, 0.15) is 6.04 Å². The number of rotatable bonds is 3. The molecule has 2 unspecified atom stereocenters. The van der Waals surface area contributed by atoms with Crippen LogP contribution in [-0.4, -0.2) is 36.5 Å². The largest absolute Gasteiger partial charge is 0.480 e. The van der Waals surface area contributed by atoms with Gasteiger partial charge in [-0.2, -0.15) is 0 Å². The van der Waals surface area contributed by atoms with Crippen molar-refractivity contribution in [2.24, 2.45) is 0 Å². The molecule has 5 heteroatoms. The third kappa shape index (κ3) is 2.80. The molecule has 1 fully saturated rings. The minimum atomic E-state index is -0.809. The summed E-state index contributed by atoms with van der Waals surface area (Å²) in [5, 5.41) is 15.4. The minimum Gasteiger partial charge on any atom is -0.480 e. The molecule has 0 radical (unpaired) electrons. The van der Waals surface area contributed by atoms with Gasteiger partial charge < -0.3 is 15.7 Å². The molecule has 17 heavy (non-hydrogen) atoms. The Hall–Kier alpha value is -1.04. The summed E-state index contributed by atoms with van der Waals surface area (Å²) in [6.45, 7) is 1.48. The molecule has 0 aromatic heterocycles. The maximum atomic E-state index is 11.2. The number of carboxylic acid groups (broad SMARTS) is 1. The van der Waals surface area contributed by atoms with Gasteiger partial charge in [-0.15, -0.1) is 11.8 Å². The van der Waals surface area contributed by atoms with E-state index < -0.39 is 12.0 Å². The van der Waals surface area contributed by atoms with E-state index in [4.69, 9.17) is 5.11 Å². The van der Waals surface area contributed by atoms with E-state index in [9.17, 15) is 4.79 Å². The van der Waals surface area contributed by atoms with Gasteiger partial charge >= 0.3 is 5.97 Å². The lowest BCUT2D eigenvalue weighted by atomic mass is 9.97. The predicted molar refractivity (Wildman–Crippen MR) is 68.4 cm³/mol. The summed E-state index contributed by atoms with van der Waals surface area (Å²) in [5.41, 5.74) is 1.02. The Balaban J connectivity index is 2.20. The highest BCUT2D eigenvalue weighted by Gasteiger charge is 2.31. The van der Waals surface area contributed by atoms with Crippen LogP contribution in [0.5, 0.6) is 0 Å². The smallest absolute Gasteiger partial charge is 0.322 e. The third-order valence-corrected chi connectivity index (χ3v) is 3.67. The van der Waals surface area contributed by atoms with Gasteiger partial charge in [-0.05, 0) is 24.0 Å². The van der Waals surface area contributed by atoms with Gasteiger partial charge in [0, 0.05) is 18.0 Å². The molecule has 1 saturated heterocycles. The van der Waals surface area contributed by atoms with Crippen LogP contribution in [0, 0.1) is 0 Å². The Morgan fingerprint density at radius 1 is 1.29 bits per heavy atom. The van der Waals surface area contributed by atoms with Crippen LogP contribution in [0.3, 0.4) is 0 Å². The molecule has 1 aromatic rings. The van der Waals surface area contributed by atoms with Crippen molar-refractivity contribution in [3.8, 4) is 0 Å². The maximum Gasteiger partial charge on any atom is 0.322 e. The van der Waals surface area contributed by atoms with Gasteiger partial charge in [0.05, 0.1) is 6.04 Å². The quantitative estimate of drug-likeness (QED) is 0.703. The van der Waals surface area contributed by atoms with E-state index in [-0.39, 0.29) is 6.04 Å². The summed E-state index contributed by atoms with van der Waals surface area (Å²) in [7, 11) is 0. The third-order valence-electron chi connectivity index (χ3n) is 2.93. The van der Waals surface area contributed by atoms with E-state index in [0.717, 1.165) is 12.1 Å². The maximum absolute atomic E-state index is 11.2. The Bertz CT molecular complexity index is 394. The summed E-state index contributed by atoms with van der Waals surface area (Å²) < 4.78 is 0. The summed E-state index contributed by atoms with van der Waals surface area (Å²) in [4.78, 5) is 12.3. The van der Waals surface area contributed by atoms with Crippen LogP contribution in [0.4, 0.5) is 0 Å². The normalized spacial score (nSPS) is 24.5. The lowest BCUT2D eigenvalue weighted by Crippen LogP contribution is -2.54. The molecule has 4 nitrogen and oxygen atoms in total. The molecule has 1 heterocycles. The Kier molecular flexibility index (Phi) is 4.04. The van der Waals surface area contributed by atoms with E-state index >= 15 is 0 Å². The lowest BCUT2D eigenvalue weighted by Gasteiger charge is -2.31. The molecule has 0 bridgehead atoms. The van der Waals surface area contributed by atoms with Crippen molar-refractivity contribution in [3.63, 3.8) is 0 Å². The molecule has 1 aliphatic rings. The number of carboxylic acids is 1. The van der Waals surface area contributed by atoms with Crippen LogP contribution in [0.2, 0.25) is 0 Å². The average molecular weight is 252 g/mol. The molecule has 1 aliphatic heterocycles. The first-order valence-electron chi connectivity index (χ1n) is 5.56. The fourth-order valence-corrected chi connectivity index (χ4v) is 2.45. The lowest BCUT2D eigenvalue weighted by molar-refractivity contribution is -0.140. The van der Waals surface area contributed by atoms with Crippen LogP contribution in [0.1, 0.15) is 11.6 Å². The van der Waals surface area contributed by atoms with E-state index in [0.29, 0.717) is 6.54 Å². The van der Waals surface area contributed by atoms with E-state index in [1.165, 1.54) is 4.90 Å². The van der Waals surface area contributed by atoms with Gasteiger partial charge in [-0.1, -0.05) is 12.1 Å². The van der Waals surface area contributed by atoms with Crippen molar-refractivity contribution >= 4 is 17.7 Å². The van der Waals surface area contributed by atoms with Crippen LogP contribution in [-0.2, 0) is 4.79 Å². The number of piperazine rings is 1. The van der Waals surface area contributed by atoms with Gasteiger partial charge in [0.15, 0.2) is 0 Å². The molecule has 2 rings (SSSR count). The highest BCUT2D eigenvalue weighted by Crippen LogP contribution is 2.22. The molecule has 0 saturated carbocycles. The first kappa shape index (κ1) is 12.4. The summed E-state index contributed by atoms with van der Waals surface area (Å²) in [6, 6.07) is 7.32. The molecule has 92 valence electrons. The molecule has 1 aromatic carbocycles. The topological polar surface area (TPSA) is 61.4 Å². The number of benzene rings is 1.